The number of carbonyl (C=O) groups excluding carboxylic acids is 1. The number of halogens is 2. The maximum absolute atomic E-state index is 11.8. The minimum Gasteiger partial charge on any atom is -0.481 e. The van der Waals surface area contributed by atoms with Gasteiger partial charge < -0.3 is 15.3 Å². The van der Waals surface area contributed by atoms with Crippen molar-refractivity contribution in [2.24, 2.45) is 5.92 Å². The molecule has 2 amide bonds. The van der Waals surface area contributed by atoms with Gasteiger partial charge in [-0.25, -0.2) is 13.6 Å². The van der Waals surface area contributed by atoms with Crippen LogP contribution in [0.25, 0.3) is 0 Å². The summed E-state index contributed by atoms with van der Waals surface area (Å²) in [6, 6.07) is -0.670. The minimum atomic E-state index is -2.61. The summed E-state index contributed by atoms with van der Waals surface area (Å²) in [6.07, 6.45) is -2.61. The molecule has 0 heterocycles. The van der Waals surface area contributed by atoms with Crippen LogP contribution < -0.4 is 5.32 Å². The van der Waals surface area contributed by atoms with Gasteiger partial charge in [-0.1, -0.05) is 6.92 Å². The first-order valence-electron chi connectivity index (χ1n) is 4.92. The molecule has 1 atom stereocenters. The van der Waals surface area contributed by atoms with E-state index in [-0.39, 0.29) is 13.1 Å². The van der Waals surface area contributed by atoms with Crippen molar-refractivity contribution in [1.29, 1.82) is 0 Å². The number of alkyl halides is 2. The van der Waals surface area contributed by atoms with Crippen molar-refractivity contribution in [1.82, 2.24) is 10.2 Å². The molecular formula is C9H16F2N2O3. The maximum Gasteiger partial charge on any atom is 0.317 e. The van der Waals surface area contributed by atoms with Gasteiger partial charge >= 0.3 is 12.0 Å². The van der Waals surface area contributed by atoms with E-state index in [4.69, 9.17) is 5.11 Å². The summed E-state index contributed by atoms with van der Waals surface area (Å²) in [5.74, 6) is -1.75. The molecule has 0 fully saturated rings. The Kier molecular flexibility index (Phi) is 6.36. The summed E-state index contributed by atoms with van der Waals surface area (Å²) in [7, 11) is 0. The molecule has 0 aromatic carbocycles. The van der Waals surface area contributed by atoms with Gasteiger partial charge in [-0.05, 0) is 6.92 Å². The second-order valence-corrected chi connectivity index (χ2v) is 3.36. The smallest absolute Gasteiger partial charge is 0.317 e. The quantitative estimate of drug-likeness (QED) is 0.725. The van der Waals surface area contributed by atoms with Crippen molar-refractivity contribution in [3.05, 3.63) is 0 Å². The van der Waals surface area contributed by atoms with Crippen LogP contribution in [0.3, 0.4) is 0 Å². The van der Waals surface area contributed by atoms with E-state index in [9.17, 15) is 18.4 Å². The van der Waals surface area contributed by atoms with Crippen molar-refractivity contribution >= 4 is 12.0 Å². The van der Waals surface area contributed by atoms with E-state index in [0.717, 1.165) is 0 Å². The van der Waals surface area contributed by atoms with Crippen LogP contribution in [0.4, 0.5) is 13.6 Å². The summed E-state index contributed by atoms with van der Waals surface area (Å²) in [5, 5.41) is 10.7. The molecule has 0 aromatic heterocycles. The normalized spacial score (nSPS) is 12.3. The van der Waals surface area contributed by atoms with Crippen LogP contribution in [0.15, 0.2) is 0 Å². The van der Waals surface area contributed by atoms with Crippen LogP contribution in [0, 0.1) is 5.92 Å². The zero-order chi connectivity index (χ0) is 12.7. The lowest BCUT2D eigenvalue weighted by Gasteiger charge is -2.23. The fourth-order valence-electron chi connectivity index (χ4n) is 1.04. The first-order chi connectivity index (χ1) is 7.38. The van der Waals surface area contributed by atoms with Crippen molar-refractivity contribution < 1.29 is 23.5 Å². The Morgan fingerprint density at radius 3 is 2.38 bits per heavy atom. The van der Waals surface area contributed by atoms with Crippen molar-refractivity contribution in [3.63, 3.8) is 0 Å². The molecule has 0 radical (unpaired) electrons. The number of carbonyl (C=O) groups is 2. The molecular weight excluding hydrogens is 222 g/mol. The van der Waals surface area contributed by atoms with Gasteiger partial charge in [0.25, 0.3) is 6.43 Å². The molecule has 7 heteroatoms. The molecule has 0 spiro atoms. The van der Waals surface area contributed by atoms with Crippen LogP contribution in [-0.4, -0.2) is 48.1 Å². The molecule has 0 aliphatic rings. The molecule has 0 aliphatic carbocycles. The van der Waals surface area contributed by atoms with Crippen LogP contribution in [0.1, 0.15) is 13.8 Å². The molecule has 16 heavy (non-hydrogen) atoms. The lowest BCUT2D eigenvalue weighted by atomic mass is 10.2. The third kappa shape index (κ3) is 5.47. The Morgan fingerprint density at radius 1 is 1.44 bits per heavy atom. The first-order valence-corrected chi connectivity index (χ1v) is 4.92. The van der Waals surface area contributed by atoms with E-state index in [1.54, 1.807) is 6.92 Å². The van der Waals surface area contributed by atoms with Crippen LogP contribution in [-0.2, 0) is 4.79 Å². The van der Waals surface area contributed by atoms with Crippen LogP contribution >= 0.6 is 0 Å². The van der Waals surface area contributed by atoms with Gasteiger partial charge in [-0.15, -0.1) is 0 Å². The average molecular weight is 238 g/mol. The Balaban J connectivity index is 4.16. The lowest BCUT2D eigenvalue weighted by Crippen LogP contribution is -2.44. The molecule has 0 aromatic rings. The van der Waals surface area contributed by atoms with E-state index in [1.165, 1.54) is 11.8 Å². The Labute approximate surface area is 92.4 Å². The summed E-state index contributed by atoms with van der Waals surface area (Å²) < 4.78 is 23.7. The number of urea groups is 1. The van der Waals surface area contributed by atoms with Gasteiger partial charge in [-0.3, -0.25) is 4.79 Å². The standard InChI is InChI=1S/C9H16F2N2O3/c1-3-13(5-6(2)8(14)15)9(16)12-4-7(10)11/h6-7H,3-5H2,1-2H3,(H,12,16)(H,14,15). The Morgan fingerprint density at radius 2 is 2.00 bits per heavy atom. The highest BCUT2D eigenvalue weighted by Gasteiger charge is 2.19. The van der Waals surface area contributed by atoms with Gasteiger partial charge in [0.2, 0.25) is 0 Å². The number of hydrogen-bond acceptors (Lipinski definition) is 2. The SMILES string of the molecule is CCN(CC(C)C(=O)O)C(=O)NCC(F)F. The predicted molar refractivity (Wildman–Crippen MR) is 53.4 cm³/mol. The molecule has 0 aliphatic heterocycles. The number of nitrogens with one attached hydrogen (secondary N) is 1. The average Bonchev–Trinajstić information content (AvgIpc) is 2.21. The summed E-state index contributed by atoms with van der Waals surface area (Å²) in [4.78, 5) is 23.1. The third-order valence-electron chi connectivity index (χ3n) is 1.99. The fraction of sp³-hybridized carbons (Fsp3) is 0.778. The first kappa shape index (κ1) is 14.6. The maximum atomic E-state index is 11.8. The molecule has 0 saturated carbocycles. The molecule has 2 N–H and O–H groups in total. The van der Waals surface area contributed by atoms with Crippen molar-refractivity contribution in [2.45, 2.75) is 20.3 Å². The summed E-state index contributed by atoms with van der Waals surface area (Å²) in [6.45, 7) is 2.65. The number of amides is 2. The molecule has 0 rings (SSSR count). The van der Waals surface area contributed by atoms with Crippen LogP contribution in [0.5, 0.6) is 0 Å². The topological polar surface area (TPSA) is 69.6 Å². The predicted octanol–water partition coefficient (Wildman–Crippen LogP) is 1.00. The van der Waals surface area contributed by atoms with Gasteiger partial charge in [0.1, 0.15) is 0 Å². The van der Waals surface area contributed by atoms with Crippen molar-refractivity contribution in [3.8, 4) is 0 Å². The van der Waals surface area contributed by atoms with Gasteiger partial charge in [0.15, 0.2) is 0 Å². The number of carboxylic acids is 1. The Hall–Kier alpha value is -1.40. The van der Waals surface area contributed by atoms with Crippen LogP contribution in [0.2, 0.25) is 0 Å². The second kappa shape index (κ2) is 6.97. The summed E-state index contributed by atoms with van der Waals surface area (Å²) >= 11 is 0. The Bertz CT molecular complexity index is 249. The van der Waals surface area contributed by atoms with E-state index in [2.05, 4.69) is 0 Å². The highest BCUT2D eigenvalue weighted by atomic mass is 19.3. The van der Waals surface area contributed by atoms with Gasteiger partial charge in [0.05, 0.1) is 12.5 Å². The second-order valence-electron chi connectivity index (χ2n) is 3.36. The number of rotatable bonds is 6. The summed E-state index contributed by atoms with van der Waals surface area (Å²) in [5.41, 5.74) is 0. The fourth-order valence-corrected chi connectivity index (χ4v) is 1.04. The van der Waals surface area contributed by atoms with Crippen molar-refractivity contribution in [2.75, 3.05) is 19.6 Å². The minimum absolute atomic E-state index is 0.000898. The number of aliphatic carboxylic acids is 1. The molecule has 5 nitrogen and oxygen atoms in total. The molecule has 0 saturated heterocycles. The largest absolute Gasteiger partial charge is 0.481 e. The molecule has 1 unspecified atom stereocenters. The zero-order valence-electron chi connectivity index (χ0n) is 9.24. The zero-order valence-corrected chi connectivity index (χ0v) is 9.24. The highest BCUT2D eigenvalue weighted by molar-refractivity contribution is 5.75. The highest BCUT2D eigenvalue weighted by Crippen LogP contribution is 2.01. The monoisotopic (exact) mass is 238 g/mol. The number of carboxylic acid groups (broad SMARTS) is 1. The van der Waals surface area contributed by atoms with E-state index in [0.29, 0.717) is 0 Å². The number of hydrogen-bond donors (Lipinski definition) is 2. The third-order valence-corrected chi connectivity index (χ3v) is 1.99. The lowest BCUT2D eigenvalue weighted by molar-refractivity contribution is -0.141. The van der Waals surface area contributed by atoms with Gasteiger partial charge in [-0.2, -0.15) is 0 Å². The van der Waals surface area contributed by atoms with E-state index >= 15 is 0 Å². The molecule has 0 bridgehead atoms. The van der Waals surface area contributed by atoms with Gasteiger partial charge in [0, 0.05) is 13.1 Å². The number of nitrogens with zero attached hydrogens (tertiary/aromatic N) is 1. The molecule has 94 valence electrons. The van der Waals surface area contributed by atoms with E-state index < -0.39 is 30.9 Å². The van der Waals surface area contributed by atoms with E-state index in [1.807, 2.05) is 5.32 Å².